The zero-order valence-electron chi connectivity index (χ0n) is 8.28. The molecular formula is C8H13F2NO3S. The molecule has 15 heavy (non-hydrogen) atoms. The van der Waals surface area contributed by atoms with Crippen molar-refractivity contribution in [1.82, 2.24) is 0 Å². The largest absolute Gasteiger partial charge is 0.395 e. The average Bonchev–Trinajstić information content (AvgIpc) is 2.02. The van der Waals surface area contributed by atoms with Gasteiger partial charge >= 0.3 is 0 Å². The van der Waals surface area contributed by atoms with Gasteiger partial charge in [-0.1, -0.05) is 0 Å². The maximum atomic E-state index is 12.4. The molecule has 1 unspecified atom stereocenters. The molecule has 4 nitrogen and oxygen atoms in total. The molecule has 0 bridgehead atoms. The fourth-order valence-electron chi connectivity index (χ4n) is 0.978. The molecule has 88 valence electrons. The number of alkyl halides is 2. The van der Waals surface area contributed by atoms with Gasteiger partial charge in [0.05, 0.1) is 18.4 Å². The number of rotatable bonds is 6. The first-order chi connectivity index (χ1) is 6.73. The van der Waals surface area contributed by atoms with Crippen molar-refractivity contribution in [2.24, 2.45) is 0 Å². The van der Waals surface area contributed by atoms with Crippen LogP contribution in [0.15, 0.2) is 0 Å². The van der Waals surface area contributed by atoms with E-state index in [0.29, 0.717) is 6.92 Å². The van der Waals surface area contributed by atoms with E-state index >= 15 is 0 Å². The minimum absolute atomic E-state index is 0.414. The number of hydrogen-bond acceptors (Lipinski definition) is 4. The zero-order valence-corrected chi connectivity index (χ0v) is 9.10. The summed E-state index contributed by atoms with van der Waals surface area (Å²) in [6, 6.07) is 1.47. The smallest absolute Gasteiger partial charge is 0.245 e. The lowest BCUT2D eigenvalue weighted by atomic mass is 10.2. The molecular weight excluding hydrogens is 228 g/mol. The van der Waals surface area contributed by atoms with Gasteiger partial charge in [0.2, 0.25) is 5.92 Å². The summed E-state index contributed by atoms with van der Waals surface area (Å²) in [5.41, 5.74) is 0. The van der Waals surface area contributed by atoms with Gasteiger partial charge in [-0.3, -0.25) is 0 Å². The third-order valence-corrected chi connectivity index (χ3v) is 3.76. The first-order valence-corrected chi connectivity index (χ1v) is 6.04. The van der Waals surface area contributed by atoms with Crippen molar-refractivity contribution < 1.29 is 22.3 Å². The molecule has 1 atom stereocenters. The molecule has 0 aliphatic heterocycles. The lowest BCUT2D eigenvalue weighted by Crippen LogP contribution is -2.26. The maximum absolute atomic E-state index is 12.4. The van der Waals surface area contributed by atoms with Crippen LogP contribution in [-0.2, 0) is 9.84 Å². The van der Waals surface area contributed by atoms with E-state index in [1.807, 2.05) is 0 Å². The van der Waals surface area contributed by atoms with Crippen LogP contribution in [0.1, 0.15) is 19.8 Å². The van der Waals surface area contributed by atoms with Crippen LogP contribution in [0.4, 0.5) is 8.78 Å². The van der Waals surface area contributed by atoms with Gasteiger partial charge in [-0.15, -0.1) is 0 Å². The maximum Gasteiger partial charge on any atom is 0.245 e. The highest BCUT2D eigenvalue weighted by Gasteiger charge is 2.29. The summed E-state index contributed by atoms with van der Waals surface area (Å²) in [7, 11) is -3.79. The van der Waals surface area contributed by atoms with Gasteiger partial charge < -0.3 is 5.11 Å². The zero-order chi connectivity index (χ0) is 12.1. The van der Waals surface area contributed by atoms with Gasteiger partial charge in [0.25, 0.3) is 0 Å². The van der Waals surface area contributed by atoms with Gasteiger partial charge in [0.1, 0.15) is 5.25 Å². The van der Waals surface area contributed by atoms with Crippen LogP contribution >= 0.6 is 0 Å². The van der Waals surface area contributed by atoms with E-state index in [2.05, 4.69) is 0 Å². The van der Waals surface area contributed by atoms with Crippen LogP contribution in [0.25, 0.3) is 0 Å². The van der Waals surface area contributed by atoms with Crippen molar-refractivity contribution in [2.45, 2.75) is 30.9 Å². The predicted octanol–water partition coefficient (Wildman–Crippen LogP) is 0.721. The Morgan fingerprint density at radius 3 is 2.40 bits per heavy atom. The van der Waals surface area contributed by atoms with E-state index in [1.54, 1.807) is 0 Å². The van der Waals surface area contributed by atoms with Gasteiger partial charge in [0.15, 0.2) is 9.84 Å². The summed E-state index contributed by atoms with van der Waals surface area (Å²) in [6.45, 7) is 0.0587. The third-order valence-electron chi connectivity index (χ3n) is 1.80. The molecule has 0 spiro atoms. The lowest BCUT2D eigenvalue weighted by molar-refractivity contribution is 0.0116. The first-order valence-electron chi connectivity index (χ1n) is 4.33. The summed E-state index contributed by atoms with van der Waals surface area (Å²) in [5.74, 6) is -3.55. The summed E-state index contributed by atoms with van der Waals surface area (Å²) in [5, 5.41) is 15.5. The third kappa shape index (κ3) is 5.64. The van der Waals surface area contributed by atoms with Crippen LogP contribution in [0.2, 0.25) is 0 Å². The Balaban J connectivity index is 4.47. The van der Waals surface area contributed by atoms with Crippen molar-refractivity contribution in [1.29, 1.82) is 5.26 Å². The molecule has 0 radical (unpaired) electrons. The SMILES string of the molecule is CC(F)(F)CCC(C#N)S(=O)(=O)CCO. The standard InChI is InChI=1S/C8H13F2NO3S/c1-8(9,10)3-2-7(6-11)15(13,14)5-4-12/h7,12H,2-5H2,1H3. The first kappa shape index (κ1) is 14.3. The molecule has 0 fully saturated rings. The predicted molar refractivity (Wildman–Crippen MR) is 50.1 cm³/mol. The number of aliphatic hydroxyl groups is 1. The molecule has 0 aliphatic rings. The van der Waals surface area contributed by atoms with E-state index in [4.69, 9.17) is 10.4 Å². The topological polar surface area (TPSA) is 78.2 Å². The summed E-state index contributed by atoms with van der Waals surface area (Å²) < 4.78 is 47.4. The minimum Gasteiger partial charge on any atom is -0.395 e. The highest BCUT2D eigenvalue weighted by atomic mass is 32.2. The quantitative estimate of drug-likeness (QED) is 0.743. The monoisotopic (exact) mass is 241 g/mol. The second-order valence-corrected chi connectivity index (χ2v) is 5.62. The fraction of sp³-hybridized carbons (Fsp3) is 0.875. The van der Waals surface area contributed by atoms with Crippen LogP contribution < -0.4 is 0 Å². The molecule has 7 heteroatoms. The van der Waals surface area contributed by atoms with Crippen molar-refractivity contribution >= 4 is 9.84 Å². The molecule has 0 aliphatic carbocycles. The number of nitrogens with zero attached hydrogens (tertiary/aromatic N) is 1. The number of hydrogen-bond donors (Lipinski definition) is 1. The van der Waals surface area contributed by atoms with Crippen molar-refractivity contribution in [3.8, 4) is 6.07 Å². The molecule has 0 saturated heterocycles. The molecule has 1 N–H and O–H groups in total. The van der Waals surface area contributed by atoms with Crippen molar-refractivity contribution in [2.75, 3.05) is 12.4 Å². The molecule has 0 rings (SSSR count). The number of sulfone groups is 1. The normalized spacial score (nSPS) is 14.6. The van der Waals surface area contributed by atoms with Gasteiger partial charge in [-0.25, -0.2) is 17.2 Å². The van der Waals surface area contributed by atoms with E-state index in [-0.39, 0.29) is 0 Å². The van der Waals surface area contributed by atoms with Crippen molar-refractivity contribution in [3.63, 3.8) is 0 Å². The number of nitriles is 1. The Bertz CT molecular complexity index is 329. The Kier molecular flexibility index (Phi) is 5.11. The average molecular weight is 241 g/mol. The van der Waals surface area contributed by atoms with E-state index in [1.165, 1.54) is 6.07 Å². The number of halogens is 2. The van der Waals surface area contributed by atoms with E-state index in [9.17, 15) is 17.2 Å². The molecule has 0 saturated carbocycles. The Morgan fingerprint density at radius 2 is 2.07 bits per heavy atom. The minimum atomic E-state index is -3.79. The molecule has 0 heterocycles. The molecule has 0 aromatic rings. The molecule has 0 amide bonds. The Morgan fingerprint density at radius 1 is 1.53 bits per heavy atom. The highest BCUT2D eigenvalue weighted by molar-refractivity contribution is 7.92. The van der Waals surface area contributed by atoms with E-state index in [0.717, 1.165) is 0 Å². The second kappa shape index (κ2) is 5.37. The van der Waals surface area contributed by atoms with Crippen LogP contribution in [-0.4, -0.2) is 37.1 Å². The summed E-state index contributed by atoms with van der Waals surface area (Å²) >= 11 is 0. The lowest BCUT2D eigenvalue weighted by Gasteiger charge is -2.13. The van der Waals surface area contributed by atoms with Crippen LogP contribution in [0.3, 0.4) is 0 Å². The van der Waals surface area contributed by atoms with Crippen molar-refractivity contribution in [3.05, 3.63) is 0 Å². The Hall–Kier alpha value is -0.740. The Labute approximate surface area is 87.4 Å². The van der Waals surface area contributed by atoms with E-state index < -0.39 is 46.2 Å². The second-order valence-electron chi connectivity index (χ2n) is 3.32. The number of aliphatic hydroxyl groups excluding tert-OH is 1. The highest BCUT2D eigenvalue weighted by Crippen LogP contribution is 2.22. The van der Waals surface area contributed by atoms with Crippen LogP contribution in [0.5, 0.6) is 0 Å². The molecule has 0 aromatic heterocycles. The van der Waals surface area contributed by atoms with Gasteiger partial charge in [0, 0.05) is 6.42 Å². The summed E-state index contributed by atoms with van der Waals surface area (Å²) in [6.07, 6.45) is -1.07. The summed E-state index contributed by atoms with van der Waals surface area (Å²) in [4.78, 5) is 0. The van der Waals surface area contributed by atoms with Gasteiger partial charge in [-0.2, -0.15) is 5.26 Å². The molecule has 0 aromatic carbocycles. The van der Waals surface area contributed by atoms with Gasteiger partial charge in [-0.05, 0) is 13.3 Å². The van der Waals surface area contributed by atoms with Crippen LogP contribution in [0, 0.1) is 11.3 Å². The fourth-order valence-corrected chi connectivity index (χ4v) is 2.16.